The van der Waals surface area contributed by atoms with Gasteiger partial charge in [0.2, 0.25) is 5.91 Å². The van der Waals surface area contributed by atoms with Crippen LogP contribution in [-0.2, 0) is 17.9 Å². The second-order valence-electron chi connectivity index (χ2n) is 7.44. The lowest BCUT2D eigenvalue weighted by molar-refractivity contribution is -0.130. The van der Waals surface area contributed by atoms with Crippen molar-refractivity contribution in [3.8, 4) is 0 Å². The van der Waals surface area contributed by atoms with Crippen molar-refractivity contribution in [2.45, 2.75) is 46.8 Å². The molecule has 1 aliphatic rings. The fraction of sp³-hybridized carbons (Fsp3) is 0.619. The number of hydrogen-bond acceptors (Lipinski definition) is 3. The van der Waals surface area contributed by atoms with Gasteiger partial charge in [-0.3, -0.25) is 9.69 Å². The van der Waals surface area contributed by atoms with E-state index in [1.807, 2.05) is 4.90 Å². The highest BCUT2D eigenvalue weighted by Crippen LogP contribution is 2.14. The third kappa shape index (κ3) is 7.24. The maximum Gasteiger partial charge on any atom is 0.219 e. The highest BCUT2D eigenvalue weighted by Gasteiger charge is 2.21. The first-order valence-electron chi connectivity index (χ1n) is 9.98. The Balaban J connectivity index is 0.00000392. The molecule has 28 heavy (non-hydrogen) atoms. The Hall–Kier alpha value is -1.35. The Kier molecular flexibility index (Phi) is 10.8. The molecular formula is C21H36IN5O. The van der Waals surface area contributed by atoms with Crippen molar-refractivity contribution in [2.24, 2.45) is 4.99 Å². The molecule has 0 radical (unpaired) electrons. The van der Waals surface area contributed by atoms with E-state index < -0.39 is 0 Å². The summed E-state index contributed by atoms with van der Waals surface area (Å²) in [6, 6.07) is 9.06. The number of carbonyl (C=O) groups excluding carboxylic acids is 1. The average Bonchev–Trinajstić information content (AvgIpc) is 2.66. The van der Waals surface area contributed by atoms with Crippen molar-refractivity contribution in [1.82, 2.24) is 20.0 Å². The van der Waals surface area contributed by atoms with Crippen LogP contribution in [0, 0.1) is 0 Å². The molecule has 0 aliphatic carbocycles. The van der Waals surface area contributed by atoms with Gasteiger partial charge in [-0.25, -0.2) is 4.99 Å². The number of nitrogens with zero attached hydrogens (tertiary/aromatic N) is 4. The monoisotopic (exact) mass is 501 g/mol. The van der Waals surface area contributed by atoms with Gasteiger partial charge in [-0.05, 0) is 38.9 Å². The molecule has 0 spiro atoms. The molecular weight excluding hydrogens is 465 g/mol. The largest absolute Gasteiger partial charge is 0.357 e. The lowest BCUT2D eigenvalue weighted by Crippen LogP contribution is -2.53. The first-order chi connectivity index (χ1) is 12.9. The zero-order valence-electron chi connectivity index (χ0n) is 17.9. The van der Waals surface area contributed by atoms with Crippen LogP contribution in [0.1, 0.15) is 38.8 Å². The van der Waals surface area contributed by atoms with Crippen LogP contribution in [0.15, 0.2) is 29.3 Å². The lowest BCUT2D eigenvalue weighted by Gasteiger charge is -2.36. The first kappa shape index (κ1) is 24.7. The molecule has 1 aliphatic heterocycles. The zero-order valence-corrected chi connectivity index (χ0v) is 20.3. The summed E-state index contributed by atoms with van der Waals surface area (Å²) in [6.07, 6.45) is 0. The van der Waals surface area contributed by atoms with E-state index in [9.17, 15) is 4.79 Å². The quantitative estimate of drug-likeness (QED) is 0.370. The number of guanidine groups is 1. The van der Waals surface area contributed by atoms with Gasteiger partial charge in [-0.2, -0.15) is 0 Å². The number of hydrogen-bond donors (Lipinski definition) is 1. The highest BCUT2D eigenvalue weighted by atomic mass is 127. The van der Waals surface area contributed by atoms with Crippen LogP contribution >= 0.6 is 24.0 Å². The van der Waals surface area contributed by atoms with E-state index >= 15 is 0 Å². The molecule has 1 aromatic rings. The van der Waals surface area contributed by atoms with E-state index in [-0.39, 0.29) is 29.9 Å². The summed E-state index contributed by atoms with van der Waals surface area (Å²) in [4.78, 5) is 22.9. The molecule has 1 aromatic carbocycles. The second-order valence-corrected chi connectivity index (χ2v) is 7.44. The highest BCUT2D eigenvalue weighted by molar-refractivity contribution is 14.0. The topological polar surface area (TPSA) is 51.2 Å². The molecule has 7 heteroatoms. The number of amides is 1. The van der Waals surface area contributed by atoms with Crippen molar-refractivity contribution in [2.75, 3.05) is 39.8 Å². The van der Waals surface area contributed by atoms with E-state index in [2.05, 4.69) is 67.2 Å². The fourth-order valence-corrected chi connectivity index (χ4v) is 3.14. The fourth-order valence-electron chi connectivity index (χ4n) is 3.14. The van der Waals surface area contributed by atoms with E-state index in [0.29, 0.717) is 12.6 Å². The standard InChI is InChI=1S/C21H35N5O.HI/c1-6-22-21(26-13-11-25(12-14-26)18(4)27)23-15-19-9-7-8-10-20(19)16-24(5)17(2)3;/h7-10,17H,6,11-16H2,1-5H3,(H,22,23);1H. The van der Waals surface area contributed by atoms with Crippen LogP contribution in [-0.4, -0.2) is 72.4 Å². The summed E-state index contributed by atoms with van der Waals surface area (Å²) >= 11 is 0. The summed E-state index contributed by atoms with van der Waals surface area (Å²) in [7, 11) is 2.16. The molecule has 158 valence electrons. The summed E-state index contributed by atoms with van der Waals surface area (Å²) in [5.74, 6) is 1.09. The van der Waals surface area contributed by atoms with Crippen molar-refractivity contribution < 1.29 is 4.79 Å². The summed E-state index contributed by atoms with van der Waals surface area (Å²) < 4.78 is 0. The molecule has 0 saturated carbocycles. The van der Waals surface area contributed by atoms with Gasteiger partial charge in [-0.1, -0.05) is 24.3 Å². The van der Waals surface area contributed by atoms with Crippen molar-refractivity contribution in [3.63, 3.8) is 0 Å². The van der Waals surface area contributed by atoms with Crippen LogP contribution in [0.25, 0.3) is 0 Å². The van der Waals surface area contributed by atoms with E-state index in [4.69, 9.17) is 4.99 Å². The Morgan fingerprint density at radius 3 is 2.25 bits per heavy atom. The number of carbonyl (C=O) groups is 1. The zero-order chi connectivity index (χ0) is 19.8. The van der Waals surface area contributed by atoms with Crippen LogP contribution in [0.2, 0.25) is 0 Å². The predicted octanol–water partition coefficient (Wildman–Crippen LogP) is 2.77. The summed E-state index contributed by atoms with van der Waals surface area (Å²) in [6.45, 7) is 13.7. The Labute approximate surface area is 187 Å². The molecule has 0 aromatic heterocycles. The molecule has 1 N–H and O–H groups in total. The van der Waals surface area contributed by atoms with Crippen LogP contribution in [0.4, 0.5) is 0 Å². The SMILES string of the molecule is CCNC(=NCc1ccccc1CN(C)C(C)C)N1CCN(C(C)=O)CC1.I. The Morgan fingerprint density at radius 1 is 1.14 bits per heavy atom. The minimum absolute atomic E-state index is 0. The molecule has 0 unspecified atom stereocenters. The van der Waals surface area contributed by atoms with Crippen LogP contribution in [0.5, 0.6) is 0 Å². The molecule has 2 rings (SSSR count). The van der Waals surface area contributed by atoms with Crippen molar-refractivity contribution in [3.05, 3.63) is 35.4 Å². The van der Waals surface area contributed by atoms with Gasteiger partial charge < -0.3 is 15.1 Å². The lowest BCUT2D eigenvalue weighted by atomic mass is 10.1. The number of halogens is 1. The maximum absolute atomic E-state index is 11.5. The smallest absolute Gasteiger partial charge is 0.219 e. The first-order valence-corrected chi connectivity index (χ1v) is 9.98. The second kappa shape index (κ2) is 12.3. The van der Waals surface area contributed by atoms with Gasteiger partial charge in [-0.15, -0.1) is 24.0 Å². The van der Waals surface area contributed by atoms with E-state index in [1.54, 1.807) is 6.92 Å². The molecule has 6 nitrogen and oxygen atoms in total. The number of benzene rings is 1. The maximum atomic E-state index is 11.5. The number of piperazine rings is 1. The number of rotatable bonds is 6. The van der Waals surface area contributed by atoms with Gasteiger partial charge in [0.15, 0.2) is 5.96 Å². The van der Waals surface area contributed by atoms with E-state index in [0.717, 1.165) is 45.2 Å². The molecule has 1 amide bonds. The van der Waals surface area contributed by atoms with Crippen molar-refractivity contribution in [1.29, 1.82) is 0 Å². The van der Waals surface area contributed by atoms with Crippen LogP contribution in [0.3, 0.4) is 0 Å². The molecule has 1 heterocycles. The molecule has 1 fully saturated rings. The molecule has 1 saturated heterocycles. The minimum atomic E-state index is 0. The van der Waals surface area contributed by atoms with Gasteiger partial charge in [0.25, 0.3) is 0 Å². The van der Waals surface area contributed by atoms with E-state index in [1.165, 1.54) is 11.1 Å². The third-order valence-electron chi connectivity index (χ3n) is 5.18. The Morgan fingerprint density at radius 2 is 1.71 bits per heavy atom. The van der Waals surface area contributed by atoms with Gasteiger partial charge >= 0.3 is 0 Å². The van der Waals surface area contributed by atoms with Gasteiger partial charge in [0.1, 0.15) is 0 Å². The summed E-state index contributed by atoms with van der Waals surface area (Å²) in [5.41, 5.74) is 2.59. The Bertz CT molecular complexity index is 641. The normalized spacial score (nSPS) is 15.0. The number of aliphatic imine (C=N–C) groups is 1. The summed E-state index contributed by atoms with van der Waals surface area (Å²) in [5, 5.41) is 3.41. The molecule has 0 atom stereocenters. The number of nitrogens with one attached hydrogen (secondary N) is 1. The van der Waals surface area contributed by atoms with Crippen molar-refractivity contribution >= 4 is 35.8 Å². The van der Waals surface area contributed by atoms with Gasteiger partial charge in [0.05, 0.1) is 6.54 Å². The molecule has 0 bridgehead atoms. The van der Waals surface area contributed by atoms with Gasteiger partial charge in [0, 0.05) is 52.2 Å². The minimum Gasteiger partial charge on any atom is -0.357 e. The average molecular weight is 501 g/mol. The van der Waals surface area contributed by atoms with Crippen LogP contribution < -0.4 is 5.32 Å². The predicted molar refractivity (Wildman–Crippen MR) is 127 cm³/mol. The third-order valence-corrected chi connectivity index (χ3v) is 5.18.